The average Bonchev–Trinajstić information content (AvgIpc) is 2.90. The molecular weight excluding hydrogens is 308 g/mol. The third-order valence-corrected chi connectivity index (χ3v) is 4.15. The van der Waals surface area contributed by atoms with Crippen molar-refractivity contribution in [2.45, 2.75) is 0 Å². The largest absolute Gasteiger partial charge is 0.265 e. The molecule has 0 saturated heterocycles. The van der Waals surface area contributed by atoms with Crippen LogP contribution in [0.1, 0.15) is 0 Å². The van der Waals surface area contributed by atoms with Crippen LogP contribution in [0.25, 0.3) is 21.8 Å². The van der Waals surface area contributed by atoms with Gasteiger partial charge in [-0.3, -0.25) is 4.98 Å². The highest BCUT2D eigenvalue weighted by atomic mass is 79.9. The molecule has 0 unspecified atom stereocenters. The topological polar surface area (TPSA) is 25.8 Å². The van der Waals surface area contributed by atoms with E-state index in [1.807, 2.05) is 30.3 Å². The standard InChI is InChI=1S/C14H9BrN2S/c15-12-4-2-1-3-11(12)14-17-13(9-18-14)10-5-7-16-8-6-10/h1-9H. The van der Waals surface area contributed by atoms with Gasteiger partial charge in [0.05, 0.1) is 5.69 Å². The summed E-state index contributed by atoms with van der Waals surface area (Å²) in [6.07, 6.45) is 3.57. The SMILES string of the molecule is Brc1ccccc1-c1nc(-c2ccncc2)cs1. The molecular formula is C14H9BrN2S. The first-order valence-electron chi connectivity index (χ1n) is 5.45. The molecule has 3 aromatic rings. The van der Waals surface area contributed by atoms with Gasteiger partial charge in [-0.25, -0.2) is 4.98 Å². The Morgan fingerprint density at radius 1 is 1.00 bits per heavy atom. The van der Waals surface area contributed by atoms with Gasteiger partial charge in [0.2, 0.25) is 0 Å². The second kappa shape index (κ2) is 5.00. The van der Waals surface area contributed by atoms with Crippen molar-refractivity contribution in [2.24, 2.45) is 0 Å². The summed E-state index contributed by atoms with van der Waals surface area (Å²) >= 11 is 5.21. The Kier molecular flexibility index (Phi) is 3.21. The van der Waals surface area contributed by atoms with Crippen molar-refractivity contribution in [1.82, 2.24) is 9.97 Å². The van der Waals surface area contributed by atoms with Crippen molar-refractivity contribution in [3.05, 3.63) is 58.6 Å². The highest BCUT2D eigenvalue weighted by molar-refractivity contribution is 9.10. The van der Waals surface area contributed by atoms with E-state index in [0.717, 1.165) is 26.3 Å². The van der Waals surface area contributed by atoms with Crippen LogP contribution in [0.3, 0.4) is 0 Å². The lowest BCUT2D eigenvalue weighted by Crippen LogP contribution is -1.80. The lowest BCUT2D eigenvalue weighted by Gasteiger charge is -1.99. The van der Waals surface area contributed by atoms with Crippen LogP contribution in [0.2, 0.25) is 0 Å². The highest BCUT2D eigenvalue weighted by Crippen LogP contribution is 2.32. The molecule has 18 heavy (non-hydrogen) atoms. The van der Waals surface area contributed by atoms with Crippen LogP contribution >= 0.6 is 27.3 Å². The number of rotatable bonds is 2. The number of halogens is 1. The molecule has 2 aromatic heterocycles. The van der Waals surface area contributed by atoms with Crippen molar-refractivity contribution in [3.8, 4) is 21.8 Å². The number of hydrogen-bond donors (Lipinski definition) is 0. The molecule has 0 aliphatic heterocycles. The monoisotopic (exact) mass is 316 g/mol. The lowest BCUT2D eigenvalue weighted by atomic mass is 10.2. The van der Waals surface area contributed by atoms with Crippen molar-refractivity contribution in [3.63, 3.8) is 0 Å². The van der Waals surface area contributed by atoms with Gasteiger partial charge < -0.3 is 0 Å². The number of benzene rings is 1. The van der Waals surface area contributed by atoms with Crippen molar-refractivity contribution < 1.29 is 0 Å². The first-order valence-corrected chi connectivity index (χ1v) is 7.13. The van der Waals surface area contributed by atoms with Crippen LogP contribution in [0.5, 0.6) is 0 Å². The zero-order valence-corrected chi connectivity index (χ0v) is 11.8. The van der Waals surface area contributed by atoms with Gasteiger partial charge in [-0.15, -0.1) is 11.3 Å². The molecule has 4 heteroatoms. The Morgan fingerprint density at radius 2 is 1.78 bits per heavy atom. The Hall–Kier alpha value is -1.52. The first-order chi connectivity index (χ1) is 8.84. The van der Waals surface area contributed by atoms with E-state index < -0.39 is 0 Å². The fraction of sp³-hybridized carbons (Fsp3) is 0. The summed E-state index contributed by atoms with van der Waals surface area (Å²) in [7, 11) is 0. The smallest absolute Gasteiger partial charge is 0.125 e. The predicted molar refractivity (Wildman–Crippen MR) is 78.5 cm³/mol. The molecule has 0 aliphatic carbocycles. The van der Waals surface area contributed by atoms with Gasteiger partial charge in [-0.1, -0.05) is 34.1 Å². The Balaban J connectivity index is 2.03. The number of nitrogens with zero attached hydrogens (tertiary/aromatic N) is 2. The number of thiazole rings is 1. The third-order valence-electron chi connectivity index (χ3n) is 2.58. The second-order valence-corrected chi connectivity index (χ2v) is 5.47. The normalized spacial score (nSPS) is 10.5. The maximum absolute atomic E-state index is 4.67. The predicted octanol–water partition coefficient (Wildman–Crippen LogP) is 4.63. The van der Waals surface area contributed by atoms with E-state index in [0.29, 0.717) is 0 Å². The van der Waals surface area contributed by atoms with Gasteiger partial charge >= 0.3 is 0 Å². The van der Waals surface area contributed by atoms with Crippen LogP contribution < -0.4 is 0 Å². The maximum atomic E-state index is 4.67. The molecule has 0 fully saturated rings. The highest BCUT2D eigenvalue weighted by Gasteiger charge is 2.08. The van der Waals surface area contributed by atoms with E-state index >= 15 is 0 Å². The van der Waals surface area contributed by atoms with Gasteiger partial charge in [-0.2, -0.15) is 0 Å². The molecule has 0 N–H and O–H groups in total. The van der Waals surface area contributed by atoms with Gasteiger partial charge in [0.25, 0.3) is 0 Å². The zero-order chi connectivity index (χ0) is 12.4. The van der Waals surface area contributed by atoms with E-state index in [1.54, 1.807) is 23.7 Å². The number of aromatic nitrogens is 2. The Labute approximate surface area is 117 Å². The molecule has 88 valence electrons. The molecule has 0 radical (unpaired) electrons. The van der Waals surface area contributed by atoms with E-state index in [2.05, 4.69) is 37.3 Å². The van der Waals surface area contributed by atoms with E-state index in [-0.39, 0.29) is 0 Å². The minimum absolute atomic E-state index is 0.994. The van der Waals surface area contributed by atoms with Gasteiger partial charge in [-0.05, 0) is 18.2 Å². The molecule has 3 rings (SSSR count). The zero-order valence-electron chi connectivity index (χ0n) is 9.38. The minimum Gasteiger partial charge on any atom is -0.265 e. The quantitative estimate of drug-likeness (QED) is 0.688. The van der Waals surface area contributed by atoms with Crippen molar-refractivity contribution in [1.29, 1.82) is 0 Å². The van der Waals surface area contributed by atoms with Crippen LogP contribution in [-0.4, -0.2) is 9.97 Å². The second-order valence-electron chi connectivity index (χ2n) is 3.75. The number of hydrogen-bond acceptors (Lipinski definition) is 3. The number of pyridine rings is 1. The van der Waals surface area contributed by atoms with Crippen molar-refractivity contribution in [2.75, 3.05) is 0 Å². The van der Waals surface area contributed by atoms with Gasteiger partial charge in [0.15, 0.2) is 0 Å². The van der Waals surface area contributed by atoms with E-state index in [9.17, 15) is 0 Å². The van der Waals surface area contributed by atoms with Crippen LogP contribution in [0, 0.1) is 0 Å². The summed E-state index contributed by atoms with van der Waals surface area (Å²) in [5.41, 5.74) is 3.22. The molecule has 0 atom stereocenters. The fourth-order valence-electron chi connectivity index (χ4n) is 1.69. The molecule has 1 aromatic carbocycles. The summed E-state index contributed by atoms with van der Waals surface area (Å²) < 4.78 is 1.07. The lowest BCUT2D eigenvalue weighted by molar-refractivity contribution is 1.31. The molecule has 2 heterocycles. The summed E-state index contributed by atoms with van der Waals surface area (Å²) in [6, 6.07) is 12.1. The third kappa shape index (κ3) is 2.21. The van der Waals surface area contributed by atoms with Crippen LogP contribution in [0.15, 0.2) is 58.6 Å². The van der Waals surface area contributed by atoms with Crippen LogP contribution in [-0.2, 0) is 0 Å². The molecule has 0 aliphatic rings. The van der Waals surface area contributed by atoms with E-state index in [4.69, 9.17) is 0 Å². The first kappa shape index (κ1) is 11.6. The van der Waals surface area contributed by atoms with Crippen molar-refractivity contribution >= 4 is 27.3 Å². The van der Waals surface area contributed by atoms with E-state index in [1.165, 1.54) is 0 Å². The summed E-state index contributed by atoms with van der Waals surface area (Å²) in [5.74, 6) is 0. The molecule has 0 spiro atoms. The molecule has 0 bridgehead atoms. The minimum atomic E-state index is 0.994. The molecule has 0 saturated carbocycles. The summed E-state index contributed by atoms with van der Waals surface area (Å²) in [5, 5.41) is 3.10. The van der Waals surface area contributed by atoms with Crippen LogP contribution in [0.4, 0.5) is 0 Å². The van der Waals surface area contributed by atoms with Gasteiger partial charge in [0, 0.05) is 33.4 Å². The molecule has 0 amide bonds. The Morgan fingerprint density at radius 3 is 2.56 bits per heavy atom. The average molecular weight is 317 g/mol. The Bertz CT molecular complexity index is 664. The molecule has 2 nitrogen and oxygen atoms in total. The fourth-order valence-corrected chi connectivity index (χ4v) is 3.16. The maximum Gasteiger partial charge on any atom is 0.125 e. The van der Waals surface area contributed by atoms with Gasteiger partial charge in [0.1, 0.15) is 5.01 Å². The summed E-state index contributed by atoms with van der Waals surface area (Å²) in [4.78, 5) is 8.69. The summed E-state index contributed by atoms with van der Waals surface area (Å²) in [6.45, 7) is 0.